The first-order valence-corrected chi connectivity index (χ1v) is 9.86. The molecule has 7 nitrogen and oxygen atoms in total. The molecule has 1 N–H and O–H groups in total. The molecule has 2 rings (SSSR count). The third-order valence-electron chi connectivity index (χ3n) is 4.43. The number of hydrogen-bond acceptors (Lipinski definition) is 4. The monoisotopic (exact) mass is 367 g/mol. The van der Waals surface area contributed by atoms with Crippen LogP contribution in [0.2, 0.25) is 0 Å². The van der Waals surface area contributed by atoms with Crippen molar-refractivity contribution in [2.75, 3.05) is 26.2 Å². The Hall–Kier alpha value is -1.93. The van der Waals surface area contributed by atoms with Crippen molar-refractivity contribution >= 4 is 21.8 Å². The quantitative estimate of drug-likeness (QED) is 0.843. The molecule has 1 saturated heterocycles. The van der Waals surface area contributed by atoms with E-state index in [9.17, 15) is 18.0 Å². The maximum absolute atomic E-state index is 12.7. The van der Waals surface area contributed by atoms with Crippen LogP contribution in [-0.2, 0) is 14.8 Å². The summed E-state index contributed by atoms with van der Waals surface area (Å²) in [6.45, 7) is 6.71. The van der Waals surface area contributed by atoms with Gasteiger partial charge in [-0.3, -0.25) is 9.59 Å². The minimum atomic E-state index is -3.62. The van der Waals surface area contributed by atoms with Crippen LogP contribution in [0.5, 0.6) is 0 Å². The first kappa shape index (κ1) is 19.4. The van der Waals surface area contributed by atoms with Gasteiger partial charge in [0.25, 0.3) is 5.91 Å². The fourth-order valence-electron chi connectivity index (χ4n) is 2.58. The molecule has 0 bridgehead atoms. The third-order valence-corrected chi connectivity index (χ3v) is 6.34. The summed E-state index contributed by atoms with van der Waals surface area (Å²) < 4.78 is 26.8. The highest BCUT2D eigenvalue weighted by atomic mass is 32.2. The molecule has 1 heterocycles. The number of rotatable bonds is 5. The highest BCUT2D eigenvalue weighted by molar-refractivity contribution is 7.89. The first-order valence-electron chi connectivity index (χ1n) is 8.42. The third kappa shape index (κ3) is 4.58. The van der Waals surface area contributed by atoms with E-state index < -0.39 is 10.0 Å². The predicted octanol–water partition coefficient (Wildman–Crippen LogP) is 1.07. The minimum absolute atomic E-state index is 0.0475. The van der Waals surface area contributed by atoms with Gasteiger partial charge in [-0.15, -0.1) is 0 Å². The van der Waals surface area contributed by atoms with Crippen LogP contribution in [0.1, 0.15) is 37.6 Å². The number of carbonyl (C=O) groups is 2. The van der Waals surface area contributed by atoms with Crippen LogP contribution in [0.3, 0.4) is 0 Å². The molecule has 2 amide bonds. The summed E-state index contributed by atoms with van der Waals surface area (Å²) in [6, 6.07) is 6.02. The van der Waals surface area contributed by atoms with E-state index >= 15 is 0 Å². The smallest absolute Gasteiger partial charge is 0.251 e. The Morgan fingerprint density at radius 2 is 1.68 bits per heavy atom. The van der Waals surface area contributed by atoms with Crippen LogP contribution in [0.4, 0.5) is 0 Å². The Morgan fingerprint density at radius 3 is 2.16 bits per heavy atom. The van der Waals surface area contributed by atoms with Crippen molar-refractivity contribution in [1.82, 2.24) is 14.5 Å². The van der Waals surface area contributed by atoms with Gasteiger partial charge in [0.15, 0.2) is 0 Å². The average Bonchev–Trinajstić information content (AvgIpc) is 2.61. The van der Waals surface area contributed by atoms with Crippen LogP contribution in [0.25, 0.3) is 0 Å². The molecule has 0 spiro atoms. The Kier molecular flexibility index (Phi) is 6.18. The lowest BCUT2D eigenvalue weighted by Crippen LogP contribution is -2.49. The molecule has 0 aliphatic carbocycles. The molecular weight excluding hydrogens is 342 g/mol. The molecule has 8 heteroatoms. The van der Waals surface area contributed by atoms with Gasteiger partial charge in [-0.25, -0.2) is 8.42 Å². The molecule has 1 aromatic carbocycles. The van der Waals surface area contributed by atoms with Crippen molar-refractivity contribution in [1.29, 1.82) is 0 Å². The van der Waals surface area contributed by atoms with Crippen molar-refractivity contribution in [2.45, 2.75) is 38.1 Å². The Balaban J connectivity index is 2.08. The van der Waals surface area contributed by atoms with Crippen molar-refractivity contribution in [3.8, 4) is 0 Å². The zero-order valence-corrected chi connectivity index (χ0v) is 15.7. The summed E-state index contributed by atoms with van der Waals surface area (Å²) in [5.74, 6) is -0.262. The van der Waals surface area contributed by atoms with Gasteiger partial charge in [-0.05, 0) is 37.6 Å². The molecule has 1 aliphatic rings. The highest BCUT2D eigenvalue weighted by Crippen LogP contribution is 2.18. The Morgan fingerprint density at radius 1 is 1.12 bits per heavy atom. The zero-order valence-electron chi connectivity index (χ0n) is 14.9. The largest absolute Gasteiger partial charge is 0.350 e. The SMILES string of the molecule is CCC(C)NC(=O)c1ccc(S(=O)(=O)N2CCN(C(C)=O)CC2)cc1. The van der Waals surface area contributed by atoms with E-state index in [-0.39, 0.29) is 35.8 Å². The summed E-state index contributed by atoms with van der Waals surface area (Å²) in [6.07, 6.45) is 0.824. The van der Waals surface area contributed by atoms with Gasteiger partial charge in [0.05, 0.1) is 4.90 Å². The summed E-state index contributed by atoms with van der Waals surface area (Å²) in [7, 11) is -3.62. The van der Waals surface area contributed by atoms with Crippen molar-refractivity contribution in [3.05, 3.63) is 29.8 Å². The van der Waals surface area contributed by atoms with Gasteiger partial charge >= 0.3 is 0 Å². The summed E-state index contributed by atoms with van der Waals surface area (Å²) in [5, 5.41) is 2.85. The number of carbonyl (C=O) groups excluding carboxylic acids is 2. The van der Waals surface area contributed by atoms with E-state index in [1.54, 1.807) is 4.90 Å². The summed E-state index contributed by atoms with van der Waals surface area (Å²) in [4.78, 5) is 25.2. The van der Waals surface area contributed by atoms with Crippen molar-refractivity contribution in [2.24, 2.45) is 0 Å². The topological polar surface area (TPSA) is 86.8 Å². The number of hydrogen-bond donors (Lipinski definition) is 1. The van der Waals surface area contributed by atoms with Crippen LogP contribution < -0.4 is 5.32 Å². The molecule has 1 aromatic rings. The maximum Gasteiger partial charge on any atom is 0.251 e. The van der Waals surface area contributed by atoms with E-state index in [2.05, 4.69) is 5.32 Å². The van der Waals surface area contributed by atoms with E-state index in [1.165, 1.54) is 35.5 Å². The number of nitrogens with zero attached hydrogens (tertiary/aromatic N) is 2. The predicted molar refractivity (Wildman–Crippen MR) is 94.7 cm³/mol. The standard InChI is InChI=1S/C17H25N3O4S/c1-4-13(2)18-17(22)15-5-7-16(8-6-15)25(23,24)20-11-9-19(10-12-20)14(3)21/h5-8,13H,4,9-12H2,1-3H3,(H,18,22). The summed E-state index contributed by atoms with van der Waals surface area (Å²) >= 11 is 0. The second-order valence-electron chi connectivity index (χ2n) is 6.22. The van der Waals surface area contributed by atoms with Gasteiger partial charge in [0.1, 0.15) is 0 Å². The minimum Gasteiger partial charge on any atom is -0.350 e. The van der Waals surface area contributed by atoms with E-state index in [4.69, 9.17) is 0 Å². The lowest BCUT2D eigenvalue weighted by atomic mass is 10.2. The van der Waals surface area contributed by atoms with Crippen LogP contribution in [0, 0.1) is 0 Å². The van der Waals surface area contributed by atoms with Crippen LogP contribution >= 0.6 is 0 Å². The van der Waals surface area contributed by atoms with Gasteiger partial charge in [-0.1, -0.05) is 6.92 Å². The molecule has 1 fully saturated rings. The molecule has 1 aliphatic heterocycles. The number of piperazine rings is 1. The highest BCUT2D eigenvalue weighted by Gasteiger charge is 2.29. The van der Waals surface area contributed by atoms with Gasteiger partial charge < -0.3 is 10.2 Å². The van der Waals surface area contributed by atoms with E-state index in [0.29, 0.717) is 18.7 Å². The average molecular weight is 367 g/mol. The Bertz CT molecular complexity index is 723. The molecular formula is C17H25N3O4S. The maximum atomic E-state index is 12.7. The van der Waals surface area contributed by atoms with E-state index in [1.807, 2.05) is 13.8 Å². The van der Waals surface area contributed by atoms with Gasteiger partial charge in [0.2, 0.25) is 15.9 Å². The van der Waals surface area contributed by atoms with Gasteiger partial charge in [-0.2, -0.15) is 4.31 Å². The number of sulfonamides is 1. The molecule has 1 atom stereocenters. The second kappa shape index (κ2) is 7.97. The second-order valence-corrected chi connectivity index (χ2v) is 8.16. The fraction of sp³-hybridized carbons (Fsp3) is 0.529. The first-order chi connectivity index (χ1) is 11.8. The van der Waals surface area contributed by atoms with Crippen LogP contribution in [0.15, 0.2) is 29.2 Å². The molecule has 0 radical (unpaired) electrons. The fourth-order valence-corrected chi connectivity index (χ4v) is 4.00. The molecule has 0 saturated carbocycles. The molecule has 25 heavy (non-hydrogen) atoms. The molecule has 0 aromatic heterocycles. The molecule has 138 valence electrons. The normalized spacial score (nSPS) is 17.2. The van der Waals surface area contributed by atoms with Gasteiger partial charge in [0, 0.05) is 44.7 Å². The molecule has 1 unspecified atom stereocenters. The van der Waals surface area contributed by atoms with Crippen molar-refractivity contribution < 1.29 is 18.0 Å². The summed E-state index contributed by atoms with van der Waals surface area (Å²) in [5.41, 5.74) is 0.431. The lowest BCUT2D eigenvalue weighted by Gasteiger charge is -2.33. The number of benzene rings is 1. The lowest BCUT2D eigenvalue weighted by molar-refractivity contribution is -0.129. The zero-order chi connectivity index (χ0) is 18.6. The van der Waals surface area contributed by atoms with E-state index in [0.717, 1.165) is 6.42 Å². The van der Waals surface area contributed by atoms with Crippen molar-refractivity contribution in [3.63, 3.8) is 0 Å². The Labute approximate surface area is 149 Å². The number of nitrogens with one attached hydrogen (secondary N) is 1. The number of amides is 2. The van der Waals surface area contributed by atoms with Crippen LogP contribution in [-0.4, -0.2) is 61.7 Å².